The third-order valence-corrected chi connectivity index (χ3v) is 8.28. The number of sulfonamides is 1. The summed E-state index contributed by atoms with van der Waals surface area (Å²) in [4.78, 5) is 12.9. The van der Waals surface area contributed by atoms with E-state index in [9.17, 15) is 17.6 Å². The predicted molar refractivity (Wildman–Crippen MR) is 151 cm³/mol. The average Bonchev–Trinajstić information content (AvgIpc) is 3.16. The first-order valence-corrected chi connectivity index (χ1v) is 13.9. The summed E-state index contributed by atoms with van der Waals surface area (Å²) < 4.78 is 44.1. The number of nitrogens with one attached hydrogen (secondary N) is 1. The Kier molecular flexibility index (Phi) is 8.13. The Morgan fingerprint density at radius 1 is 1.00 bits per heavy atom. The van der Waals surface area contributed by atoms with E-state index in [4.69, 9.17) is 0 Å². The molecule has 4 rings (SSSR count). The van der Waals surface area contributed by atoms with Crippen LogP contribution in [0.25, 0.3) is 5.69 Å². The van der Waals surface area contributed by atoms with Gasteiger partial charge in [0.1, 0.15) is 12.4 Å². The lowest BCUT2D eigenvalue weighted by Crippen LogP contribution is -2.39. The summed E-state index contributed by atoms with van der Waals surface area (Å²) >= 11 is 3.35. The summed E-state index contributed by atoms with van der Waals surface area (Å²) in [6.07, 6.45) is 1.50. The van der Waals surface area contributed by atoms with Crippen LogP contribution in [0.15, 0.2) is 93.3 Å². The minimum Gasteiger partial charge on any atom is -0.318 e. The van der Waals surface area contributed by atoms with E-state index in [1.165, 1.54) is 30.5 Å². The number of benzene rings is 3. The van der Waals surface area contributed by atoms with Crippen molar-refractivity contribution in [3.8, 4) is 5.69 Å². The molecular weight excluding hydrogens is 571 g/mol. The molecule has 1 amide bonds. The fourth-order valence-corrected chi connectivity index (χ4v) is 5.69. The van der Waals surface area contributed by atoms with Crippen molar-refractivity contribution in [3.63, 3.8) is 0 Å². The molecule has 0 saturated heterocycles. The molecule has 196 valence electrons. The van der Waals surface area contributed by atoms with Gasteiger partial charge in [0.15, 0.2) is 0 Å². The van der Waals surface area contributed by atoms with Gasteiger partial charge in [-0.05, 0) is 87.5 Å². The first kappa shape index (κ1) is 27.3. The number of hydrazone groups is 1. The quantitative estimate of drug-likeness (QED) is 0.211. The van der Waals surface area contributed by atoms with Crippen LogP contribution in [0, 0.1) is 26.6 Å². The van der Waals surface area contributed by atoms with Gasteiger partial charge in [0.25, 0.3) is 15.9 Å². The smallest absolute Gasteiger partial charge is 0.264 e. The molecule has 38 heavy (non-hydrogen) atoms. The molecule has 10 heteroatoms. The molecule has 0 fully saturated rings. The molecule has 4 aromatic rings. The first-order chi connectivity index (χ1) is 18.1. The highest BCUT2D eigenvalue weighted by molar-refractivity contribution is 9.10. The van der Waals surface area contributed by atoms with Crippen LogP contribution in [0.4, 0.5) is 10.1 Å². The van der Waals surface area contributed by atoms with Crippen molar-refractivity contribution in [2.75, 3.05) is 10.8 Å². The van der Waals surface area contributed by atoms with E-state index in [-0.39, 0.29) is 10.7 Å². The van der Waals surface area contributed by atoms with Gasteiger partial charge in [-0.3, -0.25) is 9.10 Å². The summed E-state index contributed by atoms with van der Waals surface area (Å²) in [6.45, 7) is 5.20. The van der Waals surface area contributed by atoms with Gasteiger partial charge in [-0.1, -0.05) is 33.6 Å². The van der Waals surface area contributed by atoms with Gasteiger partial charge in [0, 0.05) is 27.1 Å². The Bertz CT molecular complexity index is 1580. The number of carbonyl (C=O) groups is 1. The van der Waals surface area contributed by atoms with Gasteiger partial charge in [0.05, 0.1) is 16.8 Å². The number of anilines is 1. The normalized spacial score (nSPS) is 11.6. The molecule has 1 aromatic heterocycles. The van der Waals surface area contributed by atoms with Crippen molar-refractivity contribution < 1.29 is 17.6 Å². The number of carbonyl (C=O) groups excluding carboxylic acids is 1. The molecule has 3 aromatic carbocycles. The van der Waals surface area contributed by atoms with Gasteiger partial charge < -0.3 is 4.57 Å². The van der Waals surface area contributed by atoms with Crippen molar-refractivity contribution in [1.82, 2.24) is 9.99 Å². The summed E-state index contributed by atoms with van der Waals surface area (Å²) in [5, 5.41) is 4.06. The maximum atomic E-state index is 13.5. The number of halogens is 2. The topological polar surface area (TPSA) is 83.8 Å². The molecule has 0 radical (unpaired) electrons. The van der Waals surface area contributed by atoms with E-state index in [2.05, 4.69) is 26.5 Å². The highest BCUT2D eigenvalue weighted by Gasteiger charge is 2.27. The molecule has 0 aliphatic rings. The van der Waals surface area contributed by atoms with E-state index < -0.39 is 22.5 Å². The van der Waals surface area contributed by atoms with Crippen LogP contribution in [0.1, 0.15) is 22.5 Å². The van der Waals surface area contributed by atoms with Crippen LogP contribution in [0.5, 0.6) is 0 Å². The zero-order valence-electron chi connectivity index (χ0n) is 21.0. The Labute approximate surface area is 229 Å². The largest absolute Gasteiger partial charge is 0.318 e. The third kappa shape index (κ3) is 6.03. The Balaban J connectivity index is 1.54. The van der Waals surface area contributed by atoms with Crippen molar-refractivity contribution in [1.29, 1.82) is 0 Å². The highest BCUT2D eigenvalue weighted by Crippen LogP contribution is 2.25. The van der Waals surface area contributed by atoms with Gasteiger partial charge in [0.2, 0.25) is 0 Å². The van der Waals surface area contributed by atoms with E-state index in [0.29, 0.717) is 5.69 Å². The lowest BCUT2D eigenvalue weighted by atomic mass is 10.2. The van der Waals surface area contributed by atoms with Gasteiger partial charge in [-0.25, -0.2) is 18.2 Å². The summed E-state index contributed by atoms with van der Waals surface area (Å²) in [5.74, 6) is -0.922. The zero-order valence-corrected chi connectivity index (χ0v) is 23.4. The van der Waals surface area contributed by atoms with Crippen LogP contribution < -0.4 is 9.73 Å². The predicted octanol–water partition coefficient (Wildman–Crippen LogP) is 5.65. The van der Waals surface area contributed by atoms with Crippen molar-refractivity contribution >= 4 is 43.8 Å². The molecule has 0 saturated carbocycles. The molecule has 1 heterocycles. The van der Waals surface area contributed by atoms with Gasteiger partial charge in [-0.2, -0.15) is 5.10 Å². The molecule has 7 nitrogen and oxygen atoms in total. The summed E-state index contributed by atoms with van der Waals surface area (Å²) in [6, 6.07) is 21.2. The fraction of sp³-hybridized carbons (Fsp3) is 0.143. The number of hydrogen-bond acceptors (Lipinski definition) is 4. The van der Waals surface area contributed by atoms with E-state index in [0.717, 1.165) is 37.0 Å². The number of rotatable bonds is 8. The van der Waals surface area contributed by atoms with Gasteiger partial charge in [-0.15, -0.1) is 0 Å². The van der Waals surface area contributed by atoms with E-state index in [1.54, 1.807) is 48.5 Å². The minimum atomic E-state index is -4.02. The molecule has 0 aliphatic heterocycles. The Morgan fingerprint density at radius 3 is 2.26 bits per heavy atom. The maximum Gasteiger partial charge on any atom is 0.264 e. The Morgan fingerprint density at radius 2 is 1.63 bits per heavy atom. The molecule has 0 atom stereocenters. The lowest BCUT2D eigenvalue weighted by molar-refractivity contribution is -0.119. The molecular formula is C28H26BrFN4O3S. The summed E-state index contributed by atoms with van der Waals surface area (Å²) in [7, 11) is -4.02. The molecule has 0 unspecified atom stereocenters. The molecule has 1 N–H and O–H groups in total. The van der Waals surface area contributed by atoms with Crippen molar-refractivity contribution in [3.05, 3.63) is 112 Å². The van der Waals surface area contributed by atoms with Crippen LogP contribution in [0.2, 0.25) is 0 Å². The second kappa shape index (κ2) is 11.3. The number of aromatic nitrogens is 1. The maximum absolute atomic E-state index is 13.5. The number of hydrogen-bond donors (Lipinski definition) is 1. The molecule has 0 bridgehead atoms. The standard InChI is InChI=1S/C28H26BrFN4O3S/c1-19-4-14-27(15-5-19)38(36,37)33(25-10-6-23(29)7-11-25)18-28(35)32-31-17-22-16-20(2)34(21(22)3)26-12-8-24(30)9-13-26/h4-17H,18H2,1-3H3,(H,32,35)/b31-17-. The first-order valence-electron chi connectivity index (χ1n) is 11.7. The van der Waals surface area contributed by atoms with Crippen LogP contribution in [-0.2, 0) is 14.8 Å². The van der Waals surface area contributed by atoms with Crippen molar-refractivity contribution in [2.24, 2.45) is 5.10 Å². The second-order valence-corrected chi connectivity index (χ2v) is 11.5. The van der Waals surface area contributed by atoms with Crippen LogP contribution >= 0.6 is 15.9 Å². The number of aryl methyl sites for hydroxylation is 2. The minimum absolute atomic E-state index is 0.0792. The Hall–Kier alpha value is -3.76. The van der Waals surface area contributed by atoms with Crippen LogP contribution in [0.3, 0.4) is 0 Å². The lowest BCUT2D eigenvalue weighted by Gasteiger charge is -2.23. The fourth-order valence-electron chi connectivity index (χ4n) is 4.01. The highest BCUT2D eigenvalue weighted by atomic mass is 79.9. The zero-order chi connectivity index (χ0) is 27.4. The average molecular weight is 598 g/mol. The SMILES string of the molecule is Cc1ccc(S(=O)(=O)N(CC(=O)N/N=C\c2cc(C)n(-c3ccc(F)cc3)c2C)c2ccc(Br)cc2)cc1. The third-order valence-electron chi connectivity index (χ3n) is 5.96. The van der Waals surface area contributed by atoms with E-state index >= 15 is 0 Å². The summed E-state index contributed by atoms with van der Waals surface area (Å²) in [5.41, 5.74) is 7.02. The monoisotopic (exact) mass is 596 g/mol. The van der Waals surface area contributed by atoms with E-state index in [1.807, 2.05) is 31.4 Å². The molecule has 0 aliphatic carbocycles. The second-order valence-electron chi connectivity index (χ2n) is 8.73. The van der Waals surface area contributed by atoms with Crippen LogP contribution in [-0.4, -0.2) is 31.7 Å². The van der Waals surface area contributed by atoms with Gasteiger partial charge >= 0.3 is 0 Å². The number of amides is 1. The van der Waals surface area contributed by atoms with Crippen molar-refractivity contribution in [2.45, 2.75) is 25.7 Å². The number of nitrogens with zero attached hydrogens (tertiary/aromatic N) is 3. The molecule has 0 spiro atoms.